The molecule has 0 unspecified atom stereocenters. The second-order valence-electron chi connectivity index (χ2n) is 3.63. The molecule has 18 heavy (non-hydrogen) atoms. The predicted octanol–water partition coefficient (Wildman–Crippen LogP) is 3.91. The van der Waals surface area contributed by atoms with E-state index < -0.39 is 0 Å². The lowest BCUT2D eigenvalue weighted by molar-refractivity contribution is 0.968. The molecule has 1 aromatic heterocycles. The molecule has 0 spiro atoms. The first-order valence-electron chi connectivity index (χ1n) is 5.27. The molecule has 0 aliphatic heterocycles. The quantitative estimate of drug-likeness (QED) is 0.785. The highest BCUT2D eigenvalue weighted by molar-refractivity contribution is 14.1. The average Bonchev–Trinajstić information content (AvgIpc) is 2.33. The summed E-state index contributed by atoms with van der Waals surface area (Å²) in [7, 11) is 0. The molecule has 0 aliphatic rings. The lowest BCUT2D eigenvalue weighted by atomic mass is 10.2. The molecule has 0 saturated heterocycles. The Hall–Kier alpha value is -0.590. The van der Waals surface area contributed by atoms with Crippen molar-refractivity contribution in [2.45, 2.75) is 13.3 Å². The third kappa shape index (κ3) is 2.55. The van der Waals surface area contributed by atoms with Gasteiger partial charge in [0.05, 0.1) is 24.9 Å². The Morgan fingerprint density at radius 3 is 2.50 bits per heavy atom. The minimum atomic E-state index is -0.173. The number of aryl methyl sites for hydroxylation is 1. The highest BCUT2D eigenvalue weighted by Crippen LogP contribution is 2.32. The fraction of sp³-hybridized carbons (Fsp3) is 0.167. The fourth-order valence-electron chi connectivity index (χ4n) is 1.58. The van der Waals surface area contributed by atoms with Crippen LogP contribution in [0.5, 0.6) is 0 Å². The Morgan fingerprint density at radius 2 is 1.94 bits per heavy atom. The van der Waals surface area contributed by atoms with Crippen LogP contribution in [0.3, 0.4) is 0 Å². The van der Waals surface area contributed by atoms with E-state index in [9.17, 15) is 4.79 Å². The number of aromatic amines is 1. The average molecular weight is 395 g/mol. The summed E-state index contributed by atoms with van der Waals surface area (Å²) in [4.78, 5) is 18.9. The fourth-order valence-corrected chi connectivity index (χ4v) is 2.80. The number of benzene rings is 1. The number of hydrogen-bond donors (Lipinski definition) is 1. The van der Waals surface area contributed by atoms with E-state index in [-0.39, 0.29) is 5.56 Å². The van der Waals surface area contributed by atoms with Crippen LogP contribution in [0.15, 0.2) is 23.0 Å². The second kappa shape index (κ2) is 5.59. The van der Waals surface area contributed by atoms with Crippen molar-refractivity contribution in [1.82, 2.24) is 9.97 Å². The van der Waals surface area contributed by atoms with E-state index in [0.717, 1.165) is 5.69 Å². The lowest BCUT2D eigenvalue weighted by Gasteiger charge is -2.08. The number of nitrogens with zero attached hydrogens (tertiary/aromatic N) is 1. The Morgan fingerprint density at radius 1 is 1.33 bits per heavy atom. The van der Waals surface area contributed by atoms with Gasteiger partial charge in [0, 0.05) is 0 Å². The summed E-state index contributed by atoms with van der Waals surface area (Å²) >= 11 is 14.2. The number of aromatic nitrogens is 2. The maximum absolute atomic E-state index is 11.8. The molecule has 3 nitrogen and oxygen atoms in total. The van der Waals surface area contributed by atoms with Gasteiger partial charge < -0.3 is 4.98 Å². The van der Waals surface area contributed by atoms with E-state index >= 15 is 0 Å². The Balaban J connectivity index is 2.73. The molecule has 0 atom stereocenters. The van der Waals surface area contributed by atoms with Gasteiger partial charge in [-0.3, -0.25) is 4.79 Å². The van der Waals surface area contributed by atoms with E-state index in [1.165, 1.54) is 0 Å². The van der Waals surface area contributed by atoms with Gasteiger partial charge in [-0.05, 0) is 41.1 Å². The third-order valence-electron chi connectivity index (χ3n) is 2.47. The summed E-state index contributed by atoms with van der Waals surface area (Å²) in [5.74, 6) is 0.410. The van der Waals surface area contributed by atoms with Crippen molar-refractivity contribution < 1.29 is 0 Å². The van der Waals surface area contributed by atoms with Crippen molar-refractivity contribution in [3.8, 4) is 11.4 Å². The molecule has 94 valence electrons. The Bertz CT molecular complexity index is 635. The van der Waals surface area contributed by atoms with Crippen LogP contribution in [0, 0.1) is 3.57 Å². The lowest BCUT2D eigenvalue weighted by Crippen LogP contribution is -2.16. The molecule has 0 bridgehead atoms. The molecule has 1 N–H and O–H groups in total. The van der Waals surface area contributed by atoms with Gasteiger partial charge in [0.1, 0.15) is 5.82 Å². The molecule has 6 heteroatoms. The van der Waals surface area contributed by atoms with Crippen LogP contribution in [-0.4, -0.2) is 9.97 Å². The summed E-state index contributed by atoms with van der Waals surface area (Å²) in [5, 5.41) is 0.933. The summed E-state index contributed by atoms with van der Waals surface area (Å²) in [6.45, 7) is 1.95. The maximum atomic E-state index is 11.8. The molecule has 0 saturated carbocycles. The van der Waals surface area contributed by atoms with E-state index in [1.807, 2.05) is 29.5 Å². The number of H-pyrrole nitrogens is 1. The molecular weight excluding hydrogens is 386 g/mol. The highest BCUT2D eigenvalue weighted by Gasteiger charge is 2.14. The second-order valence-corrected chi connectivity index (χ2v) is 5.52. The zero-order chi connectivity index (χ0) is 13.3. The molecule has 0 amide bonds. The topological polar surface area (TPSA) is 45.8 Å². The highest BCUT2D eigenvalue weighted by atomic mass is 127. The van der Waals surface area contributed by atoms with Crippen LogP contribution in [-0.2, 0) is 6.42 Å². The molecule has 1 heterocycles. The Labute approximate surface area is 128 Å². The van der Waals surface area contributed by atoms with Gasteiger partial charge in [-0.2, -0.15) is 0 Å². The van der Waals surface area contributed by atoms with Gasteiger partial charge in [0.15, 0.2) is 0 Å². The molecule has 2 aromatic rings. The first kappa shape index (κ1) is 13.8. The zero-order valence-corrected chi connectivity index (χ0v) is 13.1. The van der Waals surface area contributed by atoms with Crippen LogP contribution < -0.4 is 5.56 Å². The van der Waals surface area contributed by atoms with Crippen molar-refractivity contribution in [2.75, 3.05) is 0 Å². The molecule has 0 radical (unpaired) electrons. The van der Waals surface area contributed by atoms with E-state index in [0.29, 0.717) is 31.4 Å². The number of hydrogen-bond acceptors (Lipinski definition) is 2. The van der Waals surface area contributed by atoms with Crippen LogP contribution in [0.4, 0.5) is 0 Å². The largest absolute Gasteiger partial charge is 0.306 e. The van der Waals surface area contributed by atoms with Gasteiger partial charge >= 0.3 is 0 Å². The van der Waals surface area contributed by atoms with Gasteiger partial charge in [-0.1, -0.05) is 36.2 Å². The van der Waals surface area contributed by atoms with Gasteiger partial charge in [-0.15, -0.1) is 0 Å². The SMILES string of the molecule is CCc1nc(-c2c(Cl)cccc2Cl)[nH]c(=O)c1I. The van der Waals surface area contributed by atoms with Gasteiger partial charge in [-0.25, -0.2) is 4.98 Å². The minimum absolute atomic E-state index is 0.173. The van der Waals surface area contributed by atoms with Crippen LogP contribution in [0.1, 0.15) is 12.6 Å². The maximum Gasteiger partial charge on any atom is 0.264 e. The van der Waals surface area contributed by atoms with Gasteiger partial charge in [0.25, 0.3) is 5.56 Å². The Kier molecular flexibility index (Phi) is 4.29. The van der Waals surface area contributed by atoms with Crippen molar-refractivity contribution in [1.29, 1.82) is 0 Å². The zero-order valence-electron chi connectivity index (χ0n) is 9.43. The number of nitrogens with one attached hydrogen (secondary N) is 1. The van der Waals surface area contributed by atoms with E-state index in [2.05, 4.69) is 9.97 Å². The van der Waals surface area contributed by atoms with Crippen molar-refractivity contribution in [2.24, 2.45) is 0 Å². The first-order valence-corrected chi connectivity index (χ1v) is 7.11. The normalized spacial score (nSPS) is 10.7. The van der Waals surface area contributed by atoms with Gasteiger partial charge in [0.2, 0.25) is 0 Å². The molecular formula is C12H9Cl2IN2O. The molecule has 0 aliphatic carbocycles. The minimum Gasteiger partial charge on any atom is -0.306 e. The van der Waals surface area contributed by atoms with E-state index in [1.54, 1.807) is 18.2 Å². The monoisotopic (exact) mass is 394 g/mol. The molecule has 2 rings (SSSR count). The van der Waals surface area contributed by atoms with Crippen LogP contribution in [0.25, 0.3) is 11.4 Å². The summed E-state index contributed by atoms with van der Waals surface area (Å²) in [6, 6.07) is 5.18. The third-order valence-corrected chi connectivity index (χ3v) is 4.21. The van der Waals surface area contributed by atoms with Crippen LogP contribution in [0.2, 0.25) is 10.0 Å². The van der Waals surface area contributed by atoms with Crippen molar-refractivity contribution in [3.05, 3.63) is 47.9 Å². The first-order chi connectivity index (χ1) is 8.54. The number of rotatable bonds is 2. The standard InChI is InChI=1S/C12H9Cl2IN2O/c1-2-8-10(15)12(18)17-11(16-8)9-6(13)4-3-5-7(9)14/h3-5H,2H2,1H3,(H,16,17,18). The van der Waals surface area contributed by atoms with Crippen LogP contribution >= 0.6 is 45.8 Å². The van der Waals surface area contributed by atoms with Crippen molar-refractivity contribution >= 4 is 45.8 Å². The summed E-state index contributed by atoms with van der Waals surface area (Å²) < 4.78 is 0.599. The summed E-state index contributed by atoms with van der Waals surface area (Å²) in [6.07, 6.45) is 0.678. The summed E-state index contributed by atoms with van der Waals surface area (Å²) in [5.41, 5.74) is 1.13. The molecule has 1 aromatic carbocycles. The predicted molar refractivity (Wildman–Crippen MR) is 82.4 cm³/mol. The van der Waals surface area contributed by atoms with E-state index in [4.69, 9.17) is 23.2 Å². The number of halogens is 3. The molecule has 0 fully saturated rings. The smallest absolute Gasteiger partial charge is 0.264 e. The van der Waals surface area contributed by atoms with Crippen molar-refractivity contribution in [3.63, 3.8) is 0 Å².